The predicted octanol–water partition coefficient (Wildman–Crippen LogP) is 1.66. The van der Waals surface area contributed by atoms with Crippen LogP contribution < -0.4 is 5.73 Å². The third-order valence-corrected chi connectivity index (χ3v) is 4.36. The van der Waals surface area contributed by atoms with Gasteiger partial charge in [0.05, 0.1) is 17.7 Å². The van der Waals surface area contributed by atoms with Crippen molar-refractivity contribution in [1.82, 2.24) is 4.90 Å². The monoisotopic (exact) mass is 276 g/mol. The van der Waals surface area contributed by atoms with Gasteiger partial charge < -0.3 is 10.8 Å². The number of nitrogens with zero attached hydrogens (tertiary/aromatic N) is 1. The molecule has 1 aromatic carbocycles. The maximum absolute atomic E-state index is 12.4. The zero-order chi connectivity index (χ0) is 14.9. The Labute approximate surface area is 118 Å². The summed E-state index contributed by atoms with van der Waals surface area (Å²) in [7, 11) is 0. The van der Waals surface area contributed by atoms with Crippen LogP contribution in [0.4, 0.5) is 5.69 Å². The van der Waals surface area contributed by atoms with Gasteiger partial charge in [-0.05, 0) is 25.0 Å². The number of nitrogens with two attached hydrogens (primary N) is 1. The number of rotatable bonds is 5. The molecule has 108 valence electrons. The smallest absolute Gasteiger partial charge is 0.263 e. The molecule has 5 heteroatoms. The van der Waals surface area contributed by atoms with Crippen LogP contribution in [0.1, 0.15) is 47.4 Å². The molecule has 1 aliphatic heterocycles. The van der Waals surface area contributed by atoms with Gasteiger partial charge in [-0.2, -0.15) is 0 Å². The molecule has 2 amide bonds. The molecule has 0 saturated heterocycles. The molecule has 20 heavy (non-hydrogen) atoms. The summed E-state index contributed by atoms with van der Waals surface area (Å²) in [4.78, 5) is 26.0. The molecule has 0 aromatic heterocycles. The second-order valence-electron chi connectivity index (χ2n) is 5.33. The van der Waals surface area contributed by atoms with Crippen LogP contribution in [0.3, 0.4) is 0 Å². The molecule has 0 fully saturated rings. The minimum atomic E-state index is -0.442. The molecule has 0 unspecified atom stereocenters. The molecule has 0 saturated carbocycles. The lowest BCUT2D eigenvalue weighted by Gasteiger charge is -2.32. The third-order valence-electron chi connectivity index (χ3n) is 4.36. The number of hydrogen-bond donors (Lipinski definition) is 2. The molecule has 3 N–H and O–H groups in total. The second-order valence-corrected chi connectivity index (χ2v) is 5.33. The first kappa shape index (κ1) is 14.5. The van der Waals surface area contributed by atoms with Crippen molar-refractivity contribution in [2.45, 2.75) is 26.7 Å². The quantitative estimate of drug-likeness (QED) is 0.633. The van der Waals surface area contributed by atoms with E-state index in [1.54, 1.807) is 18.2 Å². The van der Waals surface area contributed by atoms with E-state index >= 15 is 0 Å². The average molecular weight is 276 g/mol. The highest BCUT2D eigenvalue weighted by atomic mass is 16.3. The van der Waals surface area contributed by atoms with Gasteiger partial charge in [0, 0.05) is 17.6 Å². The first-order valence-electron chi connectivity index (χ1n) is 6.85. The van der Waals surface area contributed by atoms with Gasteiger partial charge in [-0.1, -0.05) is 19.9 Å². The number of hydrogen-bond acceptors (Lipinski definition) is 4. The zero-order valence-electron chi connectivity index (χ0n) is 11.8. The molecular formula is C15H20N2O3. The van der Waals surface area contributed by atoms with Crippen molar-refractivity contribution < 1.29 is 14.7 Å². The van der Waals surface area contributed by atoms with E-state index in [9.17, 15) is 14.7 Å². The van der Waals surface area contributed by atoms with Gasteiger partial charge in [0.1, 0.15) is 0 Å². The molecule has 2 rings (SSSR count). The highest BCUT2D eigenvalue weighted by Gasteiger charge is 2.41. The molecule has 1 aromatic rings. The maximum atomic E-state index is 12.4. The number of carbonyl (C=O) groups is 2. The highest BCUT2D eigenvalue weighted by molar-refractivity contribution is 6.23. The van der Waals surface area contributed by atoms with Gasteiger partial charge in [-0.15, -0.1) is 0 Å². The van der Waals surface area contributed by atoms with E-state index in [1.165, 1.54) is 4.90 Å². The second kappa shape index (κ2) is 5.25. The van der Waals surface area contributed by atoms with E-state index in [-0.39, 0.29) is 30.5 Å². The van der Waals surface area contributed by atoms with Gasteiger partial charge in [0.2, 0.25) is 0 Å². The van der Waals surface area contributed by atoms with Crippen LogP contribution in [-0.2, 0) is 0 Å². The van der Waals surface area contributed by atoms with E-state index in [4.69, 9.17) is 5.73 Å². The Kier molecular flexibility index (Phi) is 3.81. The van der Waals surface area contributed by atoms with Crippen molar-refractivity contribution in [3.63, 3.8) is 0 Å². The van der Waals surface area contributed by atoms with Crippen LogP contribution >= 0.6 is 0 Å². The third kappa shape index (κ3) is 2.08. The van der Waals surface area contributed by atoms with Crippen LogP contribution in [0.5, 0.6) is 0 Å². The lowest BCUT2D eigenvalue weighted by atomic mass is 9.82. The Balaban J connectivity index is 2.36. The zero-order valence-corrected chi connectivity index (χ0v) is 11.8. The lowest BCUT2D eigenvalue weighted by molar-refractivity contribution is 0.0438. The number of benzene rings is 1. The Morgan fingerprint density at radius 1 is 1.20 bits per heavy atom. The van der Waals surface area contributed by atoms with Crippen LogP contribution in [-0.4, -0.2) is 35.0 Å². The van der Waals surface area contributed by atoms with Crippen LogP contribution in [0.2, 0.25) is 0 Å². The summed E-state index contributed by atoms with van der Waals surface area (Å²) in [6.45, 7) is 4.07. The first-order chi connectivity index (χ1) is 9.49. The van der Waals surface area contributed by atoms with Gasteiger partial charge in [0.25, 0.3) is 11.8 Å². The summed E-state index contributed by atoms with van der Waals surface area (Å²) in [5, 5.41) is 9.61. The summed E-state index contributed by atoms with van der Waals surface area (Å²) < 4.78 is 0. The van der Waals surface area contributed by atoms with E-state index in [1.807, 2.05) is 13.8 Å². The molecule has 0 spiro atoms. The number of amides is 2. The van der Waals surface area contributed by atoms with Crippen molar-refractivity contribution in [2.75, 3.05) is 18.9 Å². The molecule has 0 aliphatic carbocycles. The van der Waals surface area contributed by atoms with Crippen LogP contribution in [0.15, 0.2) is 18.2 Å². The molecule has 5 nitrogen and oxygen atoms in total. The minimum Gasteiger partial charge on any atom is -0.398 e. The number of fused-ring (bicyclic) bond motifs is 1. The topological polar surface area (TPSA) is 83.6 Å². The number of aliphatic hydroxyl groups is 1. The van der Waals surface area contributed by atoms with Crippen LogP contribution in [0.25, 0.3) is 0 Å². The number of anilines is 1. The molecule has 0 radical (unpaired) electrons. The summed E-state index contributed by atoms with van der Waals surface area (Å²) in [6.07, 6.45) is 1.39. The molecular weight excluding hydrogens is 256 g/mol. The normalized spacial score (nSPS) is 14.8. The number of nitrogen functional groups attached to an aromatic ring is 1. The van der Waals surface area contributed by atoms with Crippen molar-refractivity contribution in [1.29, 1.82) is 0 Å². The largest absolute Gasteiger partial charge is 0.398 e. The van der Waals surface area contributed by atoms with Crippen molar-refractivity contribution in [3.8, 4) is 0 Å². The van der Waals surface area contributed by atoms with E-state index < -0.39 is 5.41 Å². The Morgan fingerprint density at radius 2 is 1.85 bits per heavy atom. The number of aliphatic hydroxyl groups excluding tert-OH is 1. The summed E-state index contributed by atoms with van der Waals surface area (Å²) in [6, 6.07) is 4.90. The minimum absolute atomic E-state index is 0.0527. The highest BCUT2D eigenvalue weighted by Crippen LogP contribution is 2.33. The Hall–Kier alpha value is -1.88. The maximum Gasteiger partial charge on any atom is 0.263 e. The fourth-order valence-electron chi connectivity index (χ4n) is 2.59. The SMILES string of the molecule is CCC(CC)(CO)CN1C(=O)c2cccc(N)c2C1=O. The lowest BCUT2D eigenvalue weighted by Crippen LogP contribution is -2.42. The summed E-state index contributed by atoms with van der Waals surface area (Å²) in [5.74, 6) is -0.681. The van der Waals surface area contributed by atoms with Gasteiger partial charge in [-0.3, -0.25) is 14.5 Å². The standard InChI is InChI=1S/C15H20N2O3/c1-3-15(4-2,9-18)8-17-13(19)10-6-5-7-11(16)12(10)14(17)20/h5-7,18H,3-4,8-9,16H2,1-2H3. The fraction of sp³-hybridized carbons (Fsp3) is 0.467. The molecule has 1 heterocycles. The average Bonchev–Trinajstić information content (AvgIpc) is 2.70. The van der Waals surface area contributed by atoms with E-state index in [0.29, 0.717) is 24.1 Å². The van der Waals surface area contributed by atoms with Crippen molar-refractivity contribution in [2.24, 2.45) is 5.41 Å². The molecule has 1 aliphatic rings. The van der Waals surface area contributed by atoms with Gasteiger partial charge in [-0.25, -0.2) is 0 Å². The fourth-order valence-corrected chi connectivity index (χ4v) is 2.59. The predicted molar refractivity (Wildman–Crippen MR) is 76.3 cm³/mol. The Bertz CT molecular complexity index is 542. The van der Waals surface area contributed by atoms with Crippen molar-refractivity contribution in [3.05, 3.63) is 29.3 Å². The summed E-state index contributed by atoms with van der Waals surface area (Å²) >= 11 is 0. The molecule has 0 bridgehead atoms. The summed E-state index contributed by atoms with van der Waals surface area (Å²) in [5.41, 5.74) is 6.33. The van der Waals surface area contributed by atoms with Gasteiger partial charge >= 0.3 is 0 Å². The van der Waals surface area contributed by atoms with Gasteiger partial charge in [0.15, 0.2) is 0 Å². The number of carbonyl (C=O) groups excluding carboxylic acids is 2. The first-order valence-corrected chi connectivity index (χ1v) is 6.85. The molecule has 0 atom stereocenters. The van der Waals surface area contributed by atoms with Crippen molar-refractivity contribution >= 4 is 17.5 Å². The number of imide groups is 1. The van der Waals surface area contributed by atoms with Crippen LogP contribution in [0, 0.1) is 5.41 Å². The van der Waals surface area contributed by atoms with E-state index in [0.717, 1.165) is 0 Å². The Morgan fingerprint density at radius 3 is 2.35 bits per heavy atom. The van der Waals surface area contributed by atoms with E-state index in [2.05, 4.69) is 0 Å².